The highest BCUT2D eigenvalue weighted by Crippen LogP contribution is 2.31. The van der Waals surface area contributed by atoms with Crippen LogP contribution in [0.1, 0.15) is 36.0 Å². The van der Waals surface area contributed by atoms with Gasteiger partial charge in [0.2, 0.25) is 10.0 Å². The van der Waals surface area contributed by atoms with Crippen LogP contribution in [0, 0.1) is 12.7 Å². The lowest BCUT2D eigenvalue weighted by Crippen LogP contribution is -2.39. The highest BCUT2D eigenvalue weighted by Gasteiger charge is 2.33. The molecular formula is C17H23ClFN5O2S. The zero-order valence-corrected chi connectivity index (χ0v) is 16.7. The van der Waals surface area contributed by atoms with Crippen LogP contribution in [0.25, 0.3) is 0 Å². The van der Waals surface area contributed by atoms with Crippen LogP contribution < -0.4 is 5.32 Å². The summed E-state index contributed by atoms with van der Waals surface area (Å²) < 4.78 is 42.9. The number of nitrogens with one attached hydrogen (secondary N) is 1. The van der Waals surface area contributed by atoms with E-state index in [9.17, 15) is 12.8 Å². The van der Waals surface area contributed by atoms with E-state index >= 15 is 0 Å². The van der Waals surface area contributed by atoms with Gasteiger partial charge in [-0.3, -0.25) is 0 Å². The number of benzene rings is 1. The molecular weight excluding hydrogens is 393 g/mol. The van der Waals surface area contributed by atoms with E-state index in [1.54, 1.807) is 6.92 Å². The molecule has 1 aromatic carbocycles. The van der Waals surface area contributed by atoms with Crippen LogP contribution in [0.2, 0.25) is 0 Å². The lowest BCUT2D eigenvalue weighted by atomic mass is 9.97. The fourth-order valence-corrected chi connectivity index (χ4v) is 5.36. The average molecular weight is 416 g/mol. The Balaban J connectivity index is 0.00000210. The molecule has 1 N–H and O–H groups in total. The van der Waals surface area contributed by atoms with Crippen molar-refractivity contribution in [2.24, 2.45) is 0 Å². The van der Waals surface area contributed by atoms with Crippen LogP contribution in [0.15, 0.2) is 23.1 Å². The minimum atomic E-state index is -3.68. The van der Waals surface area contributed by atoms with Crippen molar-refractivity contribution >= 4 is 22.4 Å². The Morgan fingerprint density at radius 1 is 1.15 bits per heavy atom. The van der Waals surface area contributed by atoms with Gasteiger partial charge >= 0.3 is 0 Å². The molecule has 148 valence electrons. The molecule has 0 spiro atoms. The van der Waals surface area contributed by atoms with Crippen LogP contribution in [0.3, 0.4) is 0 Å². The number of hydrogen-bond donors (Lipinski definition) is 1. The minimum absolute atomic E-state index is 0. The third-order valence-electron chi connectivity index (χ3n) is 5.12. The lowest BCUT2D eigenvalue weighted by Gasteiger charge is -2.31. The molecule has 0 amide bonds. The summed E-state index contributed by atoms with van der Waals surface area (Å²) in [7, 11) is -3.68. The Bertz CT molecular complexity index is 905. The van der Waals surface area contributed by atoms with Gasteiger partial charge in [0, 0.05) is 32.1 Å². The number of fused-ring (bicyclic) bond motifs is 1. The summed E-state index contributed by atoms with van der Waals surface area (Å²) in [5.41, 5.74) is 0.599. The summed E-state index contributed by atoms with van der Waals surface area (Å²) in [6, 6.07) is 3.94. The topological polar surface area (TPSA) is 80.1 Å². The van der Waals surface area contributed by atoms with Crippen LogP contribution in [-0.2, 0) is 23.1 Å². The largest absolute Gasteiger partial charge is 0.312 e. The molecule has 2 aromatic rings. The van der Waals surface area contributed by atoms with Gasteiger partial charge in [-0.05, 0) is 43.5 Å². The molecule has 2 aliphatic heterocycles. The van der Waals surface area contributed by atoms with Gasteiger partial charge in [-0.25, -0.2) is 12.8 Å². The van der Waals surface area contributed by atoms with Gasteiger partial charge in [-0.2, -0.15) is 4.31 Å². The summed E-state index contributed by atoms with van der Waals surface area (Å²) >= 11 is 0. The van der Waals surface area contributed by atoms with Crippen molar-refractivity contribution in [3.8, 4) is 0 Å². The van der Waals surface area contributed by atoms with Crippen molar-refractivity contribution in [3.05, 3.63) is 41.2 Å². The van der Waals surface area contributed by atoms with Gasteiger partial charge in [0.25, 0.3) is 0 Å². The predicted molar refractivity (Wildman–Crippen MR) is 101 cm³/mol. The number of sulfonamides is 1. The molecule has 0 aliphatic carbocycles. The normalized spacial score (nSPS) is 18.7. The third kappa shape index (κ3) is 3.87. The number of aromatic nitrogens is 3. The second-order valence-corrected chi connectivity index (χ2v) is 8.88. The van der Waals surface area contributed by atoms with Crippen molar-refractivity contribution in [1.82, 2.24) is 24.4 Å². The monoisotopic (exact) mass is 415 g/mol. The van der Waals surface area contributed by atoms with Crippen LogP contribution in [0.5, 0.6) is 0 Å². The number of rotatable bonds is 3. The fourth-order valence-electron chi connectivity index (χ4n) is 3.77. The summed E-state index contributed by atoms with van der Waals surface area (Å²) in [6.07, 6.45) is 1.39. The first kappa shape index (κ1) is 20.2. The molecule has 4 rings (SSSR count). The Hall–Kier alpha value is -1.55. The van der Waals surface area contributed by atoms with Gasteiger partial charge in [-0.15, -0.1) is 22.6 Å². The second-order valence-electron chi connectivity index (χ2n) is 6.95. The zero-order chi connectivity index (χ0) is 18.3. The quantitative estimate of drug-likeness (QED) is 0.827. The highest BCUT2D eigenvalue weighted by molar-refractivity contribution is 7.89. The highest BCUT2D eigenvalue weighted by atomic mass is 35.5. The number of aryl methyl sites for hydroxylation is 1. The zero-order valence-electron chi connectivity index (χ0n) is 15.1. The van der Waals surface area contributed by atoms with Crippen molar-refractivity contribution < 1.29 is 12.8 Å². The average Bonchev–Trinajstić information content (AvgIpc) is 3.05. The molecule has 1 aromatic heterocycles. The molecule has 7 nitrogen and oxygen atoms in total. The van der Waals surface area contributed by atoms with E-state index in [0.29, 0.717) is 31.5 Å². The predicted octanol–water partition coefficient (Wildman–Crippen LogP) is 1.82. The van der Waals surface area contributed by atoms with Crippen LogP contribution >= 0.6 is 12.4 Å². The van der Waals surface area contributed by atoms with Gasteiger partial charge < -0.3 is 9.88 Å². The molecule has 0 bridgehead atoms. The third-order valence-corrected chi connectivity index (χ3v) is 7.00. The number of nitrogens with zero attached hydrogens (tertiary/aromatic N) is 4. The van der Waals surface area contributed by atoms with E-state index in [4.69, 9.17) is 0 Å². The van der Waals surface area contributed by atoms with Crippen molar-refractivity contribution in [3.63, 3.8) is 0 Å². The summed E-state index contributed by atoms with van der Waals surface area (Å²) in [6.45, 7) is 4.96. The summed E-state index contributed by atoms with van der Waals surface area (Å²) in [5.74, 6) is 1.58. The van der Waals surface area contributed by atoms with E-state index < -0.39 is 15.8 Å². The number of hydrogen-bond acceptors (Lipinski definition) is 5. The van der Waals surface area contributed by atoms with Crippen molar-refractivity contribution in [2.45, 2.75) is 43.7 Å². The maximum absolute atomic E-state index is 13.6. The summed E-state index contributed by atoms with van der Waals surface area (Å²) in [5, 5.41) is 11.9. The summed E-state index contributed by atoms with van der Waals surface area (Å²) in [4.78, 5) is 0.0272. The van der Waals surface area contributed by atoms with E-state index in [1.165, 1.54) is 16.4 Å². The van der Waals surface area contributed by atoms with Crippen molar-refractivity contribution in [1.29, 1.82) is 0 Å². The number of piperidine rings is 1. The fraction of sp³-hybridized carbons (Fsp3) is 0.529. The Morgan fingerprint density at radius 3 is 2.59 bits per heavy atom. The molecule has 2 aliphatic rings. The molecule has 0 atom stereocenters. The molecule has 0 saturated carbocycles. The SMILES string of the molecule is Cc1cc(F)cc(S(=O)(=O)N2CCC(c3nnc4n3CCNC4)CC2)c1.Cl. The molecule has 3 heterocycles. The minimum Gasteiger partial charge on any atom is -0.312 e. The lowest BCUT2D eigenvalue weighted by molar-refractivity contribution is 0.307. The van der Waals surface area contributed by atoms with Crippen LogP contribution in [0.4, 0.5) is 4.39 Å². The van der Waals surface area contributed by atoms with Gasteiger partial charge in [0.05, 0.1) is 11.4 Å². The first-order valence-corrected chi connectivity index (χ1v) is 10.3. The van der Waals surface area contributed by atoms with Gasteiger partial charge in [-0.1, -0.05) is 0 Å². The first-order valence-electron chi connectivity index (χ1n) is 8.85. The van der Waals surface area contributed by atoms with E-state index in [-0.39, 0.29) is 23.2 Å². The standard InChI is InChI=1S/C17H22FN5O2S.ClH/c1-12-8-14(18)10-15(9-12)26(24,25)22-5-2-13(3-6-22)17-21-20-16-11-19-4-7-23(16)17;/h8-10,13,19H,2-7,11H2,1H3;1H. The second kappa shape index (κ2) is 7.83. The molecule has 0 unspecified atom stereocenters. The van der Waals surface area contributed by atoms with Gasteiger partial charge in [0.1, 0.15) is 17.5 Å². The Kier molecular flexibility index (Phi) is 5.85. The van der Waals surface area contributed by atoms with Crippen LogP contribution in [-0.4, -0.2) is 47.1 Å². The van der Waals surface area contributed by atoms with E-state index in [2.05, 4.69) is 20.1 Å². The molecule has 1 fully saturated rings. The molecule has 0 radical (unpaired) electrons. The molecule has 27 heavy (non-hydrogen) atoms. The number of halogens is 2. The first-order chi connectivity index (χ1) is 12.4. The molecule has 10 heteroatoms. The van der Waals surface area contributed by atoms with E-state index in [0.717, 1.165) is 37.3 Å². The maximum Gasteiger partial charge on any atom is 0.243 e. The Morgan fingerprint density at radius 2 is 1.89 bits per heavy atom. The van der Waals surface area contributed by atoms with Gasteiger partial charge in [0.15, 0.2) is 0 Å². The van der Waals surface area contributed by atoms with Crippen molar-refractivity contribution in [2.75, 3.05) is 19.6 Å². The smallest absolute Gasteiger partial charge is 0.243 e. The van der Waals surface area contributed by atoms with E-state index in [1.807, 2.05) is 0 Å². The Labute approximate surface area is 164 Å². The maximum atomic E-state index is 13.6. The molecule has 1 saturated heterocycles.